The first-order chi connectivity index (χ1) is 14.5. The van der Waals surface area contributed by atoms with Gasteiger partial charge in [0.2, 0.25) is 0 Å². The zero-order chi connectivity index (χ0) is 21.1. The van der Waals surface area contributed by atoms with E-state index in [0.717, 1.165) is 49.0 Å². The average Bonchev–Trinajstić information content (AvgIpc) is 3.03. The molecule has 6 nitrogen and oxygen atoms in total. The average molecular weight is 424 g/mol. The van der Waals surface area contributed by atoms with Crippen molar-refractivity contribution in [3.8, 4) is 11.4 Å². The van der Waals surface area contributed by atoms with Crippen molar-refractivity contribution in [1.82, 2.24) is 19.2 Å². The number of morpholine rings is 1. The second kappa shape index (κ2) is 9.12. The van der Waals surface area contributed by atoms with E-state index in [4.69, 9.17) is 22.1 Å². The summed E-state index contributed by atoms with van der Waals surface area (Å²) in [5.41, 5.74) is 4.85. The molecular formula is C23H29N5OS. The number of hydrogen-bond donors (Lipinski definition) is 0. The molecule has 7 heteroatoms. The van der Waals surface area contributed by atoms with Gasteiger partial charge in [-0.1, -0.05) is 36.4 Å². The highest BCUT2D eigenvalue weighted by Crippen LogP contribution is 2.22. The van der Waals surface area contributed by atoms with Crippen LogP contribution in [-0.4, -0.2) is 52.6 Å². The molecule has 4 rings (SSSR count). The summed E-state index contributed by atoms with van der Waals surface area (Å²) in [6.45, 7) is 7.11. The first-order valence-corrected chi connectivity index (χ1v) is 10.7. The molecule has 0 amide bonds. The minimum Gasteiger partial charge on any atom is -0.378 e. The maximum Gasteiger partial charge on any atom is 0.199 e. The number of hydrogen-bond acceptors (Lipinski definition) is 5. The maximum absolute atomic E-state index is 5.65. The smallest absolute Gasteiger partial charge is 0.199 e. The lowest BCUT2D eigenvalue weighted by Gasteiger charge is -2.29. The Balaban J connectivity index is 1.44. The van der Waals surface area contributed by atoms with Crippen LogP contribution < -0.4 is 4.90 Å². The van der Waals surface area contributed by atoms with Gasteiger partial charge in [0.15, 0.2) is 10.6 Å². The van der Waals surface area contributed by atoms with E-state index in [0.29, 0.717) is 6.67 Å². The third-order valence-electron chi connectivity index (χ3n) is 5.57. The predicted molar refractivity (Wildman–Crippen MR) is 123 cm³/mol. The fourth-order valence-corrected chi connectivity index (χ4v) is 4.05. The molecule has 30 heavy (non-hydrogen) atoms. The maximum atomic E-state index is 5.65. The van der Waals surface area contributed by atoms with E-state index in [-0.39, 0.29) is 0 Å². The van der Waals surface area contributed by atoms with Gasteiger partial charge in [-0.25, -0.2) is 4.68 Å². The zero-order valence-corrected chi connectivity index (χ0v) is 18.7. The van der Waals surface area contributed by atoms with E-state index in [1.54, 1.807) is 0 Å². The number of aryl methyl sites for hydroxylation is 1. The fraction of sp³-hybridized carbons (Fsp3) is 0.391. The largest absolute Gasteiger partial charge is 0.378 e. The molecule has 1 aliphatic rings. The summed E-state index contributed by atoms with van der Waals surface area (Å²) in [7, 11) is 4.08. The summed E-state index contributed by atoms with van der Waals surface area (Å²) in [6, 6.07) is 17.1. The third kappa shape index (κ3) is 4.48. The van der Waals surface area contributed by atoms with Gasteiger partial charge in [0.25, 0.3) is 0 Å². The molecule has 1 fully saturated rings. The topological polar surface area (TPSA) is 38.5 Å². The molecule has 2 aromatic carbocycles. The van der Waals surface area contributed by atoms with Crippen molar-refractivity contribution in [2.45, 2.75) is 20.1 Å². The fourth-order valence-electron chi connectivity index (χ4n) is 3.86. The Kier molecular flexibility index (Phi) is 6.32. The second-order valence-corrected chi connectivity index (χ2v) is 8.27. The molecule has 3 aromatic rings. The van der Waals surface area contributed by atoms with E-state index in [1.165, 1.54) is 16.8 Å². The van der Waals surface area contributed by atoms with Crippen molar-refractivity contribution < 1.29 is 4.74 Å². The Bertz CT molecular complexity index is 1050. The first-order valence-electron chi connectivity index (χ1n) is 10.3. The monoisotopic (exact) mass is 423 g/mol. The summed E-state index contributed by atoms with van der Waals surface area (Å²) in [5, 5.41) is 4.81. The molecule has 0 aliphatic carbocycles. The van der Waals surface area contributed by atoms with Gasteiger partial charge in [-0.3, -0.25) is 4.90 Å². The Labute approximate surface area is 183 Å². The first kappa shape index (κ1) is 20.8. The van der Waals surface area contributed by atoms with Crippen LogP contribution in [0.25, 0.3) is 11.4 Å². The molecule has 1 aromatic heterocycles. The standard InChI is InChI=1S/C23H29N5OS/c1-18-6-4-5-7-21(18)22-24-28(23(30)26(22)3)17-25(2)16-19-8-10-20(11-9-19)27-12-14-29-15-13-27/h4-11H,12-17H2,1-3H3. The lowest BCUT2D eigenvalue weighted by atomic mass is 10.1. The van der Waals surface area contributed by atoms with Gasteiger partial charge in [-0.15, -0.1) is 0 Å². The molecule has 0 radical (unpaired) electrons. The lowest BCUT2D eigenvalue weighted by molar-refractivity contribution is 0.122. The number of ether oxygens (including phenoxy) is 1. The van der Waals surface area contributed by atoms with Gasteiger partial charge >= 0.3 is 0 Å². The van der Waals surface area contributed by atoms with Crippen LogP contribution in [0.1, 0.15) is 11.1 Å². The Morgan fingerprint density at radius 3 is 2.47 bits per heavy atom. The summed E-state index contributed by atoms with van der Waals surface area (Å²) >= 11 is 5.65. The summed E-state index contributed by atoms with van der Waals surface area (Å²) in [6.07, 6.45) is 0. The zero-order valence-electron chi connectivity index (χ0n) is 17.9. The Hall–Kier alpha value is -2.48. The minimum atomic E-state index is 0.643. The highest BCUT2D eigenvalue weighted by atomic mass is 32.1. The van der Waals surface area contributed by atoms with Crippen LogP contribution in [0.4, 0.5) is 5.69 Å². The molecule has 0 spiro atoms. The van der Waals surface area contributed by atoms with Crippen LogP contribution in [0.3, 0.4) is 0 Å². The van der Waals surface area contributed by atoms with E-state index in [9.17, 15) is 0 Å². The number of benzene rings is 2. The molecule has 0 unspecified atom stereocenters. The quantitative estimate of drug-likeness (QED) is 0.563. The number of rotatable bonds is 6. The number of aromatic nitrogens is 3. The molecule has 1 aliphatic heterocycles. The molecule has 2 heterocycles. The molecule has 158 valence electrons. The van der Waals surface area contributed by atoms with E-state index in [2.05, 4.69) is 60.2 Å². The number of nitrogens with zero attached hydrogens (tertiary/aromatic N) is 5. The summed E-state index contributed by atoms with van der Waals surface area (Å²) < 4.78 is 10.1. The molecule has 0 saturated carbocycles. The molecular weight excluding hydrogens is 394 g/mol. The van der Waals surface area contributed by atoms with Crippen LogP contribution in [0.15, 0.2) is 48.5 Å². The molecule has 1 saturated heterocycles. The van der Waals surface area contributed by atoms with E-state index < -0.39 is 0 Å². The van der Waals surface area contributed by atoms with Gasteiger partial charge in [0.1, 0.15) is 0 Å². The number of anilines is 1. The SMILES string of the molecule is Cc1ccccc1-c1nn(CN(C)Cc2ccc(N3CCOCC3)cc2)c(=S)n1C. The van der Waals surface area contributed by atoms with Crippen LogP contribution in [0.5, 0.6) is 0 Å². The highest BCUT2D eigenvalue weighted by molar-refractivity contribution is 7.71. The highest BCUT2D eigenvalue weighted by Gasteiger charge is 2.14. The van der Waals surface area contributed by atoms with Crippen molar-refractivity contribution in [3.63, 3.8) is 0 Å². The molecule has 0 N–H and O–H groups in total. The van der Waals surface area contributed by atoms with Gasteiger partial charge in [-0.05, 0) is 49.4 Å². The summed E-state index contributed by atoms with van der Waals surface area (Å²) in [4.78, 5) is 4.60. The van der Waals surface area contributed by atoms with Crippen LogP contribution >= 0.6 is 12.2 Å². The van der Waals surface area contributed by atoms with E-state index >= 15 is 0 Å². The van der Waals surface area contributed by atoms with Crippen LogP contribution in [0.2, 0.25) is 0 Å². The minimum absolute atomic E-state index is 0.643. The van der Waals surface area contributed by atoms with Crippen LogP contribution in [-0.2, 0) is 25.0 Å². The van der Waals surface area contributed by atoms with Crippen molar-refractivity contribution in [2.75, 3.05) is 38.3 Å². The Morgan fingerprint density at radius 1 is 1.07 bits per heavy atom. The second-order valence-electron chi connectivity index (χ2n) is 7.90. The molecule has 0 atom stereocenters. The predicted octanol–water partition coefficient (Wildman–Crippen LogP) is 3.85. The molecule has 0 bridgehead atoms. The van der Waals surface area contributed by atoms with Gasteiger partial charge in [0, 0.05) is 37.9 Å². The summed E-state index contributed by atoms with van der Waals surface area (Å²) in [5.74, 6) is 0.904. The van der Waals surface area contributed by atoms with Crippen molar-refractivity contribution in [3.05, 3.63) is 64.4 Å². The van der Waals surface area contributed by atoms with E-state index in [1.807, 2.05) is 28.4 Å². The third-order valence-corrected chi connectivity index (χ3v) is 6.05. The Morgan fingerprint density at radius 2 is 1.77 bits per heavy atom. The van der Waals surface area contributed by atoms with Crippen molar-refractivity contribution in [1.29, 1.82) is 0 Å². The van der Waals surface area contributed by atoms with Gasteiger partial charge < -0.3 is 14.2 Å². The lowest BCUT2D eigenvalue weighted by Crippen LogP contribution is -2.36. The van der Waals surface area contributed by atoms with Gasteiger partial charge in [0.05, 0.1) is 19.9 Å². The normalized spacial score (nSPS) is 14.5. The van der Waals surface area contributed by atoms with Crippen LogP contribution in [0, 0.1) is 11.7 Å². The van der Waals surface area contributed by atoms with Crippen molar-refractivity contribution >= 4 is 17.9 Å². The van der Waals surface area contributed by atoms with Gasteiger partial charge in [-0.2, -0.15) is 5.10 Å². The van der Waals surface area contributed by atoms with Crippen molar-refractivity contribution in [2.24, 2.45) is 7.05 Å².